The molecule has 0 saturated heterocycles. The minimum Gasteiger partial charge on any atom is -0.335 e. The van der Waals surface area contributed by atoms with Crippen LogP contribution in [0.3, 0.4) is 0 Å². The molecule has 29 heavy (non-hydrogen) atoms. The van der Waals surface area contributed by atoms with Crippen LogP contribution >= 0.6 is 0 Å². The number of hydrogen-bond donors (Lipinski definition) is 1. The summed E-state index contributed by atoms with van der Waals surface area (Å²) in [6.07, 6.45) is 0.617. The second kappa shape index (κ2) is 13.6. The number of nitrogens with one attached hydrogen (secondary N) is 1. The Balaban J connectivity index is 4.83. The minimum atomic E-state index is -0.174. The number of carbonyl (C=O) groups is 4. The number of Topliss-reactive ketones (excluding diaryl/α,β-unsaturated/α-hetero) is 3. The van der Waals surface area contributed by atoms with Gasteiger partial charge in [-0.2, -0.15) is 0 Å². The fourth-order valence-corrected chi connectivity index (χ4v) is 2.42. The number of carbonyl (C=O) groups excluding carboxylic acids is 4. The van der Waals surface area contributed by atoms with Gasteiger partial charge in [0.05, 0.1) is 19.6 Å². The second-order valence-electron chi connectivity index (χ2n) is 8.90. The number of hydrazine groups is 1. The van der Waals surface area contributed by atoms with Gasteiger partial charge in [-0.3, -0.25) is 24.6 Å². The van der Waals surface area contributed by atoms with Crippen LogP contribution in [0.25, 0.3) is 0 Å². The zero-order valence-corrected chi connectivity index (χ0v) is 19.6. The normalized spacial score (nSPS) is 11.8. The van der Waals surface area contributed by atoms with Crippen molar-refractivity contribution in [1.82, 2.24) is 15.3 Å². The first kappa shape index (κ1) is 27.4. The molecule has 0 unspecified atom stereocenters. The van der Waals surface area contributed by atoms with Crippen molar-refractivity contribution in [1.29, 1.82) is 0 Å². The van der Waals surface area contributed by atoms with Gasteiger partial charge in [0.25, 0.3) is 0 Å². The van der Waals surface area contributed by atoms with Crippen LogP contribution in [-0.2, 0) is 19.2 Å². The van der Waals surface area contributed by atoms with Gasteiger partial charge in [0, 0.05) is 36.8 Å². The molecule has 0 aliphatic rings. The Hall–Kier alpha value is -1.60. The average molecular weight is 412 g/mol. The van der Waals surface area contributed by atoms with E-state index in [1.54, 1.807) is 9.91 Å². The molecule has 0 rings (SSSR count). The van der Waals surface area contributed by atoms with Gasteiger partial charge < -0.3 is 4.90 Å². The molecule has 7 heteroatoms. The first-order valence-corrected chi connectivity index (χ1v) is 10.7. The van der Waals surface area contributed by atoms with Crippen molar-refractivity contribution >= 4 is 23.3 Å². The second-order valence-corrected chi connectivity index (χ2v) is 8.90. The number of ketones is 3. The molecule has 7 nitrogen and oxygen atoms in total. The lowest BCUT2D eigenvalue weighted by Gasteiger charge is -2.27. The highest BCUT2D eigenvalue weighted by Gasteiger charge is 2.22. The Bertz CT molecular complexity index is 534. The summed E-state index contributed by atoms with van der Waals surface area (Å²) in [6, 6.07) is 0. The Kier molecular flexibility index (Phi) is 12.8. The fourth-order valence-electron chi connectivity index (χ4n) is 2.42. The Morgan fingerprint density at radius 2 is 1.07 bits per heavy atom. The van der Waals surface area contributed by atoms with Crippen LogP contribution in [0.5, 0.6) is 0 Å². The van der Waals surface area contributed by atoms with Crippen molar-refractivity contribution in [3.05, 3.63) is 0 Å². The topological polar surface area (TPSA) is 86.8 Å². The Labute approximate surface area is 176 Å². The molecule has 0 aliphatic heterocycles. The summed E-state index contributed by atoms with van der Waals surface area (Å²) in [6.45, 7) is 16.1. The third-order valence-electron chi connectivity index (χ3n) is 4.72. The van der Waals surface area contributed by atoms with E-state index < -0.39 is 0 Å². The average Bonchev–Trinajstić information content (AvgIpc) is 2.62. The quantitative estimate of drug-likeness (QED) is 0.329. The van der Waals surface area contributed by atoms with Crippen LogP contribution in [-0.4, -0.2) is 65.9 Å². The summed E-state index contributed by atoms with van der Waals surface area (Å²) in [5.74, 6) is -0.368. The smallest absolute Gasteiger partial charge is 0.225 e. The molecule has 0 aromatic rings. The van der Waals surface area contributed by atoms with Gasteiger partial charge >= 0.3 is 0 Å². The van der Waals surface area contributed by atoms with Crippen molar-refractivity contribution in [3.8, 4) is 0 Å². The number of hydrogen-bond acceptors (Lipinski definition) is 6. The summed E-state index contributed by atoms with van der Waals surface area (Å²) >= 11 is 0. The van der Waals surface area contributed by atoms with Gasteiger partial charge in [-0.15, -0.1) is 0 Å². The van der Waals surface area contributed by atoms with Crippen molar-refractivity contribution in [3.63, 3.8) is 0 Å². The highest BCUT2D eigenvalue weighted by Crippen LogP contribution is 2.06. The van der Waals surface area contributed by atoms with E-state index in [1.807, 2.05) is 55.4 Å². The molecule has 0 heterocycles. The predicted octanol–water partition coefficient (Wildman–Crippen LogP) is 2.34. The lowest BCUT2D eigenvalue weighted by molar-refractivity contribution is -0.138. The first-order chi connectivity index (χ1) is 13.4. The van der Waals surface area contributed by atoms with Crippen molar-refractivity contribution in [2.75, 3.05) is 32.7 Å². The molecule has 0 fully saturated rings. The number of rotatable bonds is 15. The van der Waals surface area contributed by atoms with E-state index in [0.29, 0.717) is 19.5 Å². The zero-order valence-electron chi connectivity index (χ0n) is 19.6. The van der Waals surface area contributed by atoms with Gasteiger partial charge in [-0.05, 0) is 6.42 Å². The fraction of sp³-hybridized carbons (Fsp3) is 0.818. The molecule has 0 bridgehead atoms. The van der Waals surface area contributed by atoms with Crippen molar-refractivity contribution < 1.29 is 19.2 Å². The third-order valence-corrected chi connectivity index (χ3v) is 4.72. The van der Waals surface area contributed by atoms with Crippen LogP contribution in [0.2, 0.25) is 0 Å². The number of amides is 1. The van der Waals surface area contributed by atoms with Crippen LogP contribution in [0.1, 0.15) is 61.8 Å². The summed E-state index contributed by atoms with van der Waals surface area (Å²) < 4.78 is 0. The molecule has 1 N–H and O–H groups in total. The monoisotopic (exact) mass is 411 g/mol. The molecular weight excluding hydrogens is 370 g/mol. The molecule has 0 aromatic carbocycles. The maximum absolute atomic E-state index is 12.4. The van der Waals surface area contributed by atoms with E-state index in [2.05, 4.69) is 5.43 Å². The summed E-state index contributed by atoms with van der Waals surface area (Å²) in [5, 5.41) is 1.67. The molecule has 1 amide bonds. The zero-order chi connectivity index (χ0) is 22.7. The van der Waals surface area contributed by atoms with Gasteiger partial charge in [0.1, 0.15) is 0 Å². The minimum absolute atomic E-state index is 0.0404. The van der Waals surface area contributed by atoms with Crippen molar-refractivity contribution in [2.24, 2.45) is 23.7 Å². The Morgan fingerprint density at radius 3 is 1.45 bits per heavy atom. The van der Waals surface area contributed by atoms with Gasteiger partial charge in [0.15, 0.2) is 17.3 Å². The third kappa shape index (κ3) is 11.2. The van der Waals surface area contributed by atoms with Crippen LogP contribution in [0.4, 0.5) is 0 Å². The standard InChI is InChI=1S/C22H41N3O4/c1-15(2)19(26)12-24(22(29)18(7)8)11-9-10-23-25(13-20(27)16(3)4)14-21(28)17(5)6/h15-18,23H,9-14H2,1-8H3. The first-order valence-electron chi connectivity index (χ1n) is 10.7. The summed E-state index contributed by atoms with van der Waals surface area (Å²) in [5.41, 5.74) is 3.16. The SMILES string of the molecule is CC(C)C(=O)CN(CC(=O)C(C)C)NCCCN(CC(=O)C(C)C)C(=O)C(C)C. The highest BCUT2D eigenvalue weighted by molar-refractivity contribution is 5.88. The molecule has 0 spiro atoms. The molecular formula is C22H41N3O4. The molecule has 0 aliphatic carbocycles. The van der Waals surface area contributed by atoms with E-state index in [0.717, 1.165) is 0 Å². The maximum atomic E-state index is 12.4. The van der Waals surface area contributed by atoms with Crippen molar-refractivity contribution in [2.45, 2.75) is 61.8 Å². The van der Waals surface area contributed by atoms with E-state index in [4.69, 9.17) is 0 Å². The molecule has 0 atom stereocenters. The van der Waals surface area contributed by atoms with Gasteiger partial charge in [-0.1, -0.05) is 55.4 Å². The predicted molar refractivity (Wildman–Crippen MR) is 115 cm³/mol. The summed E-state index contributed by atoms with van der Waals surface area (Å²) in [4.78, 5) is 50.4. The molecule has 0 radical (unpaired) electrons. The van der Waals surface area contributed by atoms with E-state index in [9.17, 15) is 19.2 Å². The molecule has 168 valence electrons. The van der Waals surface area contributed by atoms with E-state index in [1.165, 1.54) is 0 Å². The van der Waals surface area contributed by atoms with Crippen LogP contribution < -0.4 is 5.43 Å². The summed E-state index contributed by atoms with van der Waals surface area (Å²) in [7, 11) is 0. The number of nitrogens with zero attached hydrogens (tertiary/aromatic N) is 2. The molecule has 0 aromatic heterocycles. The van der Waals surface area contributed by atoms with E-state index in [-0.39, 0.29) is 66.6 Å². The largest absolute Gasteiger partial charge is 0.335 e. The van der Waals surface area contributed by atoms with Gasteiger partial charge in [0.2, 0.25) is 5.91 Å². The van der Waals surface area contributed by atoms with Gasteiger partial charge in [-0.25, -0.2) is 5.01 Å². The maximum Gasteiger partial charge on any atom is 0.225 e. The highest BCUT2D eigenvalue weighted by atomic mass is 16.2. The molecule has 0 saturated carbocycles. The lowest BCUT2D eigenvalue weighted by atomic mass is 10.1. The lowest BCUT2D eigenvalue weighted by Crippen LogP contribution is -2.47. The Morgan fingerprint density at radius 1 is 0.655 bits per heavy atom. The van der Waals surface area contributed by atoms with E-state index >= 15 is 0 Å². The van der Waals surface area contributed by atoms with Crippen LogP contribution in [0.15, 0.2) is 0 Å². The van der Waals surface area contributed by atoms with Crippen LogP contribution in [0, 0.1) is 23.7 Å².